The highest BCUT2D eigenvalue weighted by Gasteiger charge is 2.18. The van der Waals surface area contributed by atoms with Crippen LogP contribution in [0.3, 0.4) is 0 Å². The van der Waals surface area contributed by atoms with Crippen molar-refractivity contribution in [1.29, 1.82) is 0 Å². The number of rotatable bonds is 1. The van der Waals surface area contributed by atoms with Crippen molar-refractivity contribution >= 4 is 6.29 Å². The summed E-state index contributed by atoms with van der Waals surface area (Å²) in [6.45, 7) is 9.00. The minimum Gasteiger partial charge on any atom is -0.309 e. The number of piperidine rings is 1. The molecular formula is C8H11NO. The average molecular weight is 137 g/mol. The molecule has 0 amide bonds. The van der Waals surface area contributed by atoms with Crippen molar-refractivity contribution in [1.82, 2.24) is 5.32 Å². The van der Waals surface area contributed by atoms with Gasteiger partial charge in [-0.2, -0.15) is 0 Å². The summed E-state index contributed by atoms with van der Waals surface area (Å²) in [7, 11) is 0. The zero-order valence-corrected chi connectivity index (χ0v) is 5.89. The molecule has 1 rings (SSSR count). The van der Waals surface area contributed by atoms with Crippen LogP contribution in [0.1, 0.15) is 0 Å². The molecule has 54 valence electrons. The molecule has 10 heavy (non-hydrogen) atoms. The Hall–Kier alpha value is -0.890. The van der Waals surface area contributed by atoms with Crippen LogP contribution in [0.2, 0.25) is 0 Å². The number of hydrogen-bond donors (Lipinski definition) is 1. The highest BCUT2D eigenvalue weighted by molar-refractivity contribution is 5.64. The van der Waals surface area contributed by atoms with Crippen LogP contribution in [-0.4, -0.2) is 19.4 Å². The van der Waals surface area contributed by atoms with Crippen LogP contribution in [0.4, 0.5) is 0 Å². The van der Waals surface area contributed by atoms with Crippen molar-refractivity contribution in [2.24, 2.45) is 5.92 Å². The quantitative estimate of drug-likeness (QED) is 0.421. The lowest BCUT2D eigenvalue weighted by molar-refractivity contribution is -0.109. The largest absolute Gasteiger partial charge is 0.309 e. The van der Waals surface area contributed by atoms with Gasteiger partial charge in [-0.3, -0.25) is 0 Å². The minimum atomic E-state index is -0.110. The van der Waals surface area contributed by atoms with Gasteiger partial charge in [0.15, 0.2) is 0 Å². The maximum absolute atomic E-state index is 10.4. The second-order valence-corrected chi connectivity index (χ2v) is 2.53. The van der Waals surface area contributed by atoms with Gasteiger partial charge in [0.2, 0.25) is 0 Å². The van der Waals surface area contributed by atoms with E-state index in [0.29, 0.717) is 0 Å². The standard InChI is InChI=1S/C8H11NO/c1-6-3-9-4-7(2)8(6)5-10/h5,8-9H,1-4H2. The molecule has 1 fully saturated rings. The van der Waals surface area contributed by atoms with E-state index in [0.717, 1.165) is 30.5 Å². The Morgan fingerprint density at radius 2 is 1.90 bits per heavy atom. The molecule has 0 unspecified atom stereocenters. The summed E-state index contributed by atoms with van der Waals surface area (Å²) < 4.78 is 0. The van der Waals surface area contributed by atoms with Crippen LogP contribution in [0.25, 0.3) is 0 Å². The van der Waals surface area contributed by atoms with Crippen molar-refractivity contribution in [2.45, 2.75) is 0 Å². The first-order valence-electron chi connectivity index (χ1n) is 3.27. The summed E-state index contributed by atoms with van der Waals surface area (Å²) >= 11 is 0. The van der Waals surface area contributed by atoms with Gasteiger partial charge in [0.1, 0.15) is 6.29 Å². The molecule has 0 aliphatic carbocycles. The van der Waals surface area contributed by atoms with E-state index in [-0.39, 0.29) is 5.92 Å². The van der Waals surface area contributed by atoms with Gasteiger partial charge in [-0.05, 0) is 11.1 Å². The van der Waals surface area contributed by atoms with Gasteiger partial charge in [0.25, 0.3) is 0 Å². The molecule has 1 heterocycles. The normalized spacial score (nSPS) is 21.2. The fourth-order valence-electron chi connectivity index (χ4n) is 1.08. The third-order valence-corrected chi connectivity index (χ3v) is 1.72. The number of hydrogen-bond acceptors (Lipinski definition) is 2. The fourth-order valence-corrected chi connectivity index (χ4v) is 1.08. The Kier molecular flexibility index (Phi) is 2.02. The Morgan fingerprint density at radius 3 is 2.20 bits per heavy atom. The average Bonchev–Trinajstić information content (AvgIpc) is 1.88. The van der Waals surface area contributed by atoms with Gasteiger partial charge in [-0.1, -0.05) is 13.2 Å². The SMILES string of the molecule is C=C1CNCC(=C)C1C=O. The molecule has 0 atom stereocenters. The number of carbonyl (C=O) groups is 1. The molecule has 1 N–H and O–H groups in total. The summed E-state index contributed by atoms with van der Waals surface area (Å²) in [4.78, 5) is 10.4. The molecule has 1 aliphatic rings. The fraction of sp³-hybridized carbons (Fsp3) is 0.375. The molecule has 2 heteroatoms. The second-order valence-electron chi connectivity index (χ2n) is 2.53. The van der Waals surface area contributed by atoms with Crippen molar-refractivity contribution in [3.8, 4) is 0 Å². The zero-order valence-electron chi connectivity index (χ0n) is 5.89. The van der Waals surface area contributed by atoms with Crippen LogP contribution in [0.5, 0.6) is 0 Å². The molecule has 0 saturated carbocycles. The van der Waals surface area contributed by atoms with Gasteiger partial charge in [0.05, 0.1) is 5.92 Å². The molecule has 0 radical (unpaired) electrons. The van der Waals surface area contributed by atoms with E-state index in [1.807, 2.05) is 0 Å². The molecule has 0 aromatic carbocycles. The zero-order chi connectivity index (χ0) is 7.56. The lowest BCUT2D eigenvalue weighted by atomic mass is 9.91. The van der Waals surface area contributed by atoms with Crippen LogP contribution >= 0.6 is 0 Å². The topological polar surface area (TPSA) is 29.1 Å². The van der Waals surface area contributed by atoms with Gasteiger partial charge < -0.3 is 10.1 Å². The van der Waals surface area contributed by atoms with Crippen molar-refractivity contribution < 1.29 is 4.79 Å². The van der Waals surface area contributed by atoms with E-state index in [1.165, 1.54) is 0 Å². The van der Waals surface area contributed by atoms with Crippen molar-refractivity contribution in [2.75, 3.05) is 13.1 Å². The van der Waals surface area contributed by atoms with Gasteiger partial charge in [-0.25, -0.2) is 0 Å². The Morgan fingerprint density at radius 1 is 1.40 bits per heavy atom. The maximum atomic E-state index is 10.4. The molecular weight excluding hydrogens is 126 g/mol. The van der Waals surface area contributed by atoms with Crippen LogP contribution in [-0.2, 0) is 4.79 Å². The summed E-state index contributed by atoms with van der Waals surface area (Å²) in [5.74, 6) is -0.110. The smallest absolute Gasteiger partial charge is 0.131 e. The summed E-state index contributed by atoms with van der Waals surface area (Å²) in [6.07, 6.45) is 0.908. The molecule has 1 saturated heterocycles. The van der Waals surface area contributed by atoms with Crippen molar-refractivity contribution in [3.63, 3.8) is 0 Å². The van der Waals surface area contributed by atoms with E-state index >= 15 is 0 Å². The molecule has 0 aromatic rings. The highest BCUT2D eigenvalue weighted by Crippen LogP contribution is 2.17. The Balaban J connectivity index is 2.71. The van der Waals surface area contributed by atoms with Gasteiger partial charge in [0, 0.05) is 13.1 Å². The van der Waals surface area contributed by atoms with Crippen molar-refractivity contribution in [3.05, 3.63) is 24.3 Å². The van der Waals surface area contributed by atoms with Crippen LogP contribution in [0, 0.1) is 5.92 Å². The number of carbonyl (C=O) groups excluding carboxylic acids is 1. The first kappa shape index (κ1) is 7.22. The van der Waals surface area contributed by atoms with Crippen LogP contribution < -0.4 is 5.32 Å². The lowest BCUT2D eigenvalue weighted by Crippen LogP contribution is -2.32. The second kappa shape index (κ2) is 2.80. The Bertz CT molecular complexity index is 168. The molecule has 1 aliphatic heterocycles. The van der Waals surface area contributed by atoms with E-state index in [4.69, 9.17) is 0 Å². The number of aldehydes is 1. The predicted octanol–water partition coefficient (Wildman–Crippen LogP) is 0.517. The molecule has 0 aromatic heterocycles. The molecule has 0 spiro atoms. The van der Waals surface area contributed by atoms with E-state index in [1.54, 1.807) is 0 Å². The number of nitrogens with one attached hydrogen (secondary N) is 1. The minimum absolute atomic E-state index is 0.110. The van der Waals surface area contributed by atoms with E-state index in [2.05, 4.69) is 18.5 Å². The third kappa shape index (κ3) is 1.16. The summed E-state index contributed by atoms with van der Waals surface area (Å²) in [6, 6.07) is 0. The lowest BCUT2D eigenvalue weighted by Gasteiger charge is -2.22. The Labute approximate surface area is 60.6 Å². The van der Waals surface area contributed by atoms with Gasteiger partial charge >= 0.3 is 0 Å². The monoisotopic (exact) mass is 137 g/mol. The third-order valence-electron chi connectivity index (χ3n) is 1.72. The van der Waals surface area contributed by atoms with E-state index in [9.17, 15) is 4.79 Å². The maximum Gasteiger partial charge on any atom is 0.131 e. The van der Waals surface area contributed by atoms with Gasteiger partial charge in [-0.15, -0.1) is 0 Å². The van der Waals surface area contributed by atoms with Crippen LogP contribution in [0.15, 0.2) is 24.3 Å². The first-order valence-corrected chi connectivity index (χ1v) is 3.27. The summed E-state index contributed by atoms with van der Waals surface area (Å²) in [5.41, 5.74) is 1.84. The first-order chi connectivity index (χ1) is 4.75. The molecule has 2 nitrogen and oxygen atoms in total. The summed E-state index contributed by atoms with van der Waals surface area (Å²) in [5, 5.41) is 3.09. The van der Waals surface area contributed by atoms with E-state index < -0.39 is 0 Å². The predicted molar refractivity (Wildman–Crippen MR) is 40.7 cm³/mol. The highest BCUT2D eigenvalue weighted by atomic mass is 16.1. The molecule has 0 bridgehead atoms.